The number of nitrogens with zero attached hydrogens (tertiary/aromatic N) is 1. The second-order valence-electron chi connectivity index (χ2n) is 4.74. The van der Waals surface area contributed by atoms with Crippen molar-refractivity contribution in [2.45, 2.75) is 26.0 Å². The Morgan fingerprint density at radius 1 is 1.18 bits per heavy atom. The summed E-state index contributed by atoms with van der Waals surface area (Å²) in [5.41, 5.74) is 2.22. The van der Waals surface area contributed by atoms with Crippen LogP contribution in [0.15, 0.2) is 24.3 Å². The van der Waals surface area contributed by atoms with Crippen molar-refractivity contribution < 1.29 is 9.84 Å². The number of morpholine rings is 1. The predicted molar refractivity (Wildman–Crippen MR) is 68.0 cm³/mol. The van der Waals surface area contributed by atoms with Gasteiger partial charge in [0.15, 0.2) is 0 Å². The minimum atomic E-state index is -0.423. The topological polar surface area (TPSA) is 32.7 Å². The molecule has 1 aliphatic heterocycles. The Morgan fingerprint density at radius 2 is 1.76 bits per heavy atom. The number of rotatable bonds is 3. The minimum Gasteiger partial charge on any atom is -0.387 e. The molecule has 1 aliphatic rings. The van der Waals surface area contributed by atoms with E-state index >= 15 is 0 Å². The van der Waals surface area contributed by atoms with Gasteiger partial charge < -0.3 is 9.84 Å². The van der Waals surface area contributed by atoms with Crippen molar-refractivity contribution >= 4 is 0 Å². The second-order valence-corrected chi connectivity index (χ2v) is 4.74. The van der Waals surface area contributed by atoms with Crippen LogP contribution >= 0.6 is 0 Å². The van der Waals surface area contributed by atoms with Gasteiger partial charge in [-0.2, -0.15) is 0 Å². The molecule has 0 aromatic heterocycles. The van der Waals surface area contributed by atoms with Crippen molar-refractivity contribution in [1.29, 1.82) is 0 Å². The molecule has 2 rings (SSSR count). The molecule has 94 valence electrons. The fourth-order valence-corrected chi connectivity index (χ4v) is 2.23. The monoisotopic (exact) mass is 235 g/mol. The summed E-state index contributed by atoms with van der Waals surface area (Å²) < 4.78 is 5.33. The van der Waals surface area contributed by atoms with Crippen LogP contribution < -0.4 is 0 Å². The molecule has 2 unspecified atom stereocenters. The number of aliphatic hydroxyl groups is 1. The molecule has 0 bridgehead atoms. The summed E-state index contributed by atoms with van der Waals surface area (Å²) in [7, 11) is 0. The van der Waals surface area contributed by atoms with Crippen molar-refractivity contribution in [3.05, 3.63) is 35.4 Å². The highest BCUT2D eigenvalue weighted by atomic mass is 16.5. The minimum absolute atomic E-state index is 0.140. The molecule has 17 heavy (non-hydrogen) atoms. The summed E-state index contributed by atoms with van der Waals surface area (Å²) >= 11 is 0. The number of aliphatic hydroxyl groups excluding tert-OH is 1. The molecule has 2 atom stereocenters. The first kappa shape index (κ1) is 12.6. The molecule has 0 aliphatic carbocycles. The zero-order valence-corrected chi connectivity index (χ0v) is 10.6. The van der Waals surface area contributed by atoms with E-state index in [-0.39, 0.29) is 6.04 Å². The summed E-state index contributed by atoms with van der Waals surface area (Å²) in [6.45, 7) is 7.49. The number of ether oxygens (including phenoxy) is 1. The van der Waals surface area contributed by atoms with E-state index in [0.717, 1.165) is 31.9 Å². The largest absolute Gasteiger partial charge is 0.387 e. The maximum Gasteiger partial charge on any atom is 0.0942 e. The first-order valence-corrected chi connectivity index (χ1v) is 6.25. The third kappa shape index (κ3) is 3.06. The van der Waals surface area contributed by atoms with Gasteiger partial charge in [-0.15, -0.1) is 0 Å². The fourth-order valence-electron chi connectivity index (χ4n) is 2.23. The van der Waals surface area contributed by atoms with Gasteiger partial charge in [0.25, 0.3) is 0 Å². The Kier molecular flexibility index (Phi) is 4.15. The highest BCUT2D eigenvalue weighted by Gasteiger charge is 2.24. The van der Waals surface area contributed by atoms with E-state index in [2.05, 4.69) is 18.7 Å². The smallest absolute Gasteiger partial charge is 0.0942 e. The molecule has 0 spiro atoms. The zero-order valence-electron chi connectivity index (χ0n) is 10.6. The molecule has 0 radical (unpaired) electrons. The zero-order chi connectivity index (χ0) is 12.3. The van der Waals surface area contributed by atoms with E-state index in [4.69, 9.17) is 4.74 Å². The molecule has 1 N–H and O–H groups in total. The fraction of sp³-hybridized carbons (Fsp3) is 0.571. The molecule has 1 fully saturated rings. The lowest BCUT2D eigenvalue weighted by Gasteiger charge is -2.35. The summed E-state index contributed by atoms with van der Waals surface area (Å²) in [6, 6.07) is 8.25. The second kappa shape index (κ2) is 5.63. The first-order valence-electron chi connectivity index (χ1n) is 6.25. The van der Waals surface area contributed by atoms with Crippen molar-refractivity contribution in [2.24, 2.45) is 0 Å². The van der Waals surface area contributed by atoms with Crippen LogP contribution in [0.2, 0.25) is 0 Å². The van der Waals surface area contributed by atoms with E-state index in [9.17, 15) is 5.11 Å². The van der Waals surface area contributed by atoms with Gasteiger partial charge >= 0.3 is 0 Å². The molecule has 1 heterocycles. The summed E-state index contributed by atoms with van der Waals surface area (Å²) in [5.74, 6) is 0. The highest BCUT2D eigenvalue weighted by molar-refractivity contribution is 5.24. The Balaban J connectivity index is 2.02. The van der Waals surface area contributed by atoms with E-state index in [1.807, 2.05) is 24.3 Å². The van der Waals surface area contributed by atoms with Gasteiger partial charge in [-0.1, -0.05) is 29.8 Å². The molecule has 3 nitrogen and oxygen atoms in total. The third-order valence-corrected chi connectivity index (χ3v) is 3.50. The number of hydrogen-bond donors (Lipinski definition) is 1. The first-order chi connectivity index (χ1) is 8.18. The van der Waals surface area contributed by atoms with Crippen molar-refractivity contribution in [2.75, 3.05) is 26.3 Å². The Labute approximate surface area is 103 Å². The molecule has 0 saturated carbocycles. The normalized spacial score (nSPS) is 21.1. The molecule has 1 saturated heterocycles. The van der Waals surface area contributed by atoms with Gasteiger partial charge in [-0.25, -0.2) is 0 Å². The lowest BCUT2D eigenvalue weighted by atomic mass is 10.0. The SMILES string of the molecule is Cc1ccc(C(O)C(C)N2CCOCC2)cc1. The van der Waals surface area contributed by atoms with Crippen LogP contribution in [0.5, 0.6) is 0 Å². The van der Waals surface area contributed by atoms with Crippen molar-refractivity contribution in [3.8, 4) is 0 Å². The number of aryl methyl sites for hydroxylation is 1. The van der Waals surface area contributed by atoms with Crippen molar-refractivity contribution in [1.82, 2.24) is 4.90 Å². The maximum absolute atomic E-state index is 10.3. The summed E-state index contributed by atoms with van der Waals surface area (Å²) in [4.78, 5) is 2.29. The Hall–Kier alpha value is -0.900. The number of benzene rings is 1. The van der Waals surface area contributed by atoms with Gasteiger partial charge in [0.05, 0.1) is 19.3 Å². The van der Waals surface area contributed by atoms with E-state index in [1.54, 1.807) is 0 Å². The predicted octanol–water partition coefficient (Wildman–Crippen LogP) is 1.75. The quantitative estimate of drug-likeness (QED) is 0.866. The molecular formula is C14H21NO2. The van der Waals surface area contributed by atoms with Crippen LogP contribution in [-0.4, -0.2) is 42.4 Å². The molecule has 1 aromatic rings. The van der Waals surface area contributed by atoms with Gasteiger partial charge in [-0.3, -0.25) is 4.90 Å². The van der Waals surface area contributed by atoms with Crippen LogP contribution in [0, 0.1) is 6.92 Å². The van der Waals surface area contributed by atoms with Crippen LogP contribution in [0.4, 0.5) is 0 Å². The van der Waals surface area contributed by atoms with Gasteiger partial charge in [0.1, 0.15) is 0 Å². The third-order valence-electron chi connectivity index (χ3n) is 3.50. The van der Waals surface area contributed by atoms with E-state index in [1.165, 1.54) is 5.56 Å². The van der Waals surface area contributed by atoms with Gasteiger partial charge in [-0.05, 0) is 19.4 Å². The summed E-state index contributed by atoms with van der Waals surface area (Å²) in [6.07, 6.45) is -0.423. The molecule has 3 heteroatoms. The standard InChI is InChI=1S/C14H21NO2/c1-11-3-5-13(6-4-11)14(16)12(2)15-7-9-17-10-8-15/h3-6,12,14,16H,7-10H2,1-2H3. The van der Waals surface area contributed by atoms with Crippen LogP contribution in [0.3, 0.4) is 0 Å². The van der Waals surface area contributed by atoms with Crippen LogP contribution in [-0.2, 0) is 4.74 Å². The van der Waals surface area contributed by atoms with E-state index in [0.29, 0.717) is 0 Å². The highest BCUT2D eigenvalue weighted by Crippen LogP contribution is 2.21. The Morgan fingerprint density at radius 3 is 2.35 bits per heavy atom. The van der Waals surface area contributed by atoms with Gasteiger partial charge in [0.2, 0.25) is 0 Å². The van der Waals surface area contributed by atoms with Gasteiger partial charge in [0, 0.05) is 19.1 Å². The van der Waals surface area contributed by atoms with E-state index < -0.39 is 6.10 Å². The van der Waals surface area contributed by atoms with Crippen LogP contribution in [0.1, 0.15) is 24.2 Å². The van der Waals surface area contributed by atoms with Crippen molar-refractivity contribution in [3.63, 3.8) is 0 Å². The van der Waals surface area contributed by atoms with Crippen LogP contribution in [0.25, 0.3) is 0 Å². The lowest BCUT2D eigenvalue weighted by molar-refractivity contribution is -0.0166. The Bertz CT molecular complexity index is 344. The average molecular weight is 235 g/mol. The average Bonchev–Trinajstić information content (AvgIpc) is 2.39. The molecule has 0 amide bonds. The molecule has 1 aromatic carbocycles. The molecular weight excluding hydrogens is 214 g/mol. The number of hydrogen-bond acceptors (Lipinski definition) is 3. The lowest BCUT2D eigenvalue weighted by Crippen LogP contribution is -2.44. The summed E-state index contributed by atoms with van der Waals surface area (Å²) in [5, 5.41) is 10.3. The maximum atomic E-state index is 10.3.